The van der Waals surface area contributed by atoms with Crippen molar-refractivity contribution in [2.24, 2.45) is 0 Å². The molecule has 1 saturated carbocycles. The molecular formula is C16H15F4N3O. The number of hydrogen-bond donors (Lipinski definition) is 0. The fourth-order valence-corrected chi connectivity index (χ4v) is 2.45. The summed E-state index contributed by atoms with van der Waals surface area (Å²) in [6, 6.07) is 6.98. The van der Waals surface area contributed by atoms with Crippen LogP contribution in [0.5, 0.6) is 0 Å². The molecule has 1 aliphatic rings. The Bertz CT molecular complexity index is 737. The van der Waals surface area contributed by atoms with Crippen molar-refractivity contribution in [1.82, 2.24) is 14.7 Å². The van der Waals surface area contributed by atoms with E-state index in [0.717, 1.165) is 29.8 Å². The van der Waals surface area contributed by atoms with E-state index in [2.05, 4.69) is 5.10 Å². The third-order valence-corrected chi connectivity index (χ3v) is 3.83. The predicted molar refractivity (Wildman–Crippen MR) is 77.2 cm³/mol. The summed E-state index contributed by atoms with van der Waals surface area (Å²) in [6.07, 6.45) is -1.80. The van der Waals surface area contributed by atoms with Crippen LogP contribution in [0, 0.1) is 5.82 Å². The van der Waals surface area contributed by atoms with Gasteiger partial charge in [0.25, 0.3) is 0 Å². The lowest BCUT2D eigenvalue weighted by molar-refractivity contribution is -0.142. The van der Waals surface area contributed by atoms with Gasteiger partial charge in [-0.2, -0.15) is 18.3 Å². The molecule has 1 aliphatic carbocycles. The molecule has 0 unspecified atom stereocenters. The molecule has 0 atom stereocenters. The molecule has 1 fully saturated rings. The molecule has 0 radical (unpaired) electrons. The summed E-state index contributed by atoms with van der Waals surface area (Å²) in [5, 5.41) is 3.38. The minimum Gasteiger partial charge on any atom is -0.334 e. The highest BCUT2D eigenvalue weighted by atomic mass is 19.4. The lowest BCUT2D eigenvalue weighted by Crippen LogP contribution is -2.35. The Morgan fingerprint density at radius 1 is 1.25 bits per heavy atom. The summed E-state index contributed by atoms with van der Waals surface area (Å²) in [7, 11) is 0. The molecule has 0 saturated heterocycles. The molecular weight excluding hydrogens is 326 g/mol. The molecule has 1 amide bonds. The van der Waals surface area contributed by atoms with E-state index in [9.17, 15) is 22.4 Å². The van der Waals surface area contributed by atoms with Crippen LogP contribution in [0.2, 0.25) is 0 Å². The third kappa shape index (κ3) is 3.74. The number of amides is 1. The highest BCUT2D eigenvalue weighted by Gasteiger charge is 2.35. The maximum absolute atomic E-state index is 13.8. The first-order valence-electron chi connectivity index (χ1n) is 7.48. The summed E-state index contributed by atoms with van der Waals surface area (Å²) in [4.78, 5) is 13.9. The molecule has 0 bridgehead atoms. The van der Waals surface area contributed by atoms with Gasteiger partial charge in [-0.15, -0.1) is 0 Å². The Morgan fingerprint density at radius 2 is 1.96 bits per heavy atom. The summed E-state index contributed by atoms with van der Waals surface area (Å²) in [6.45, 7) is -0.204. The number of carbonyl (C=O) groups is 1. The molecule has 3 rings (SSSR count). The van der Waals surface area contributed by atoms with Gasteiger partial charge in [0.2, 0.25) is 5.91 Å². The zero-order chi connectivity index (χ0) is 17.3. The van der Waals surface area contributed by atoms with Crippen LogP contribution >= 0.6 is 0 Å². The van der Waals surface area contributed by atoms with Gasteiger partial charge in [0.15, 0.2) is 5.69 Å². The number of aromatic nitrogens is 2. The highest BCUT2D eigenvalue weighted by molar-refractivity contribution is 5.76. The third-order valence-electron chi connectivity index (χ3n) is 3.83. The summed E-state index contributed by atoms with van der Waals surface area (Å²) in [5.41, 5.74) is -0.656. The molecule has 2 aromatic rings. The van der Waals surface area contributed by atoms with Crippen molar-refractivity contribution in [3.05, 3.63) is 53.6 Å². The van der Waals surface area contributed by atoms with E-state index in [1.54, 1.807) is 18.2 Å². The Balaban J connectivity index is 1.71. The zero-order valence-corrected chi connectivity index (χ0v) is 12.6. The van der Waals surface area contributed by atoms with Crippen molar-refractivity contribution in [1.29, 1.82) is 0 Å². The van der Waals surface area contributed by atoms with Crippen LogP contribution in [-0.2, 0) is 24.1 Å². The summed E-state index contributed by atoms with van der Waals surface area (Å²) in [5.74, 6) is -0.785. The minimum absolute atomic E-state index is 0.00903. The number of rotatable bonds is 5. The average molecular weight is 341 g/mol. The number of alkyl halides is 3. The van der Waals surface area contributed by atoms with E-state index >= 15 is 0 Å². The van der Waals surface area contributed by atoms with Crippen LogP contribution in [-0.4, -0.2) is 26.6 Å². The number of benzene rings is 1. The maximum Gasteiger partial charge on any atom is 0.435 e. The van der Waals surface area contributed by atoms with Crippen LogP contribution in [0.1, 0.15) is 24.1 Å². The first kappa shape index (κ1) is 16.5. The van der Waals surface area contributed by atoms with Gasteiger partial charge in [-0.1, -0.05) is 18.2 Å². The van der Waals surface area contributed by atoms with Crippen LogP contribution in [0.3, 0.4) is 0 Å². The van der Waals surface area contributed by atoms with Crippen LogP contribution in [0.25, 0.3) is 0 Å². The molecule has 24 heavy (non-hydrogen) atoms. The Kier molecular flexibility index (Phi) is 4.29. The van der Waals surface area contributed by atoms with Crippen LogP contribution in [0.4, 0.5) is 17.6 Å². The molecule has 1 aromatic heterocycles. The molecule has 8 heteroatoms. The quantitative estimate of drug-likeness (QED) is 0.783. The SMILES string of the molecule is O=C(Cn1ccc(C(F)(F)F)n1)N(Cc1ccccc1F)C1CC1. The van der Waals surface area contributed by atoms with E-state index < -0.39 is 17.7 Å². The largest absolute Gasteiger partial charge is 0.435 e. The Hall–Kier alpha value is -2.38. The molecule has 1 aromatic carbocycles. The smallest absolute Gasteiger partial charge is 0.334 e. The average Bonchev–Trinajstić information content (AvgIpc) is 3.23. The zero-order valence-electron chi connectivity index (χ0n) is 12.6. The normalized spacial score (nSPS) is 14.7. The predicted octanol–water partition coefficient (Wildman–Crippen LogP) is 3.23. The van der Waals surface area contributed by atoms with E-state index in [0.29, 0.717) is 5.56 Å². The van der Waals surface area contributed by atoms with Gasteiger partial charge in [-0.25, -0.2) is 4.39 Å². The van der Waals surface area contributed by atoms with Gasteiger partial charge in [0.1, 0.15) is 12.4 Å². The number of halogens is 4. The Morgan fingerprint density at radius 3 is 2.54 bits per heavy atom. The van der Waals surface area contributed by atoms with E-state index in [1.165, 1.54) is 11.0 Å². The molecule has 0 spiro atoms. The standard InChI is InChI=1S/C16H15F4N3O/c17-13-4-2-1-3-11(13)9-23(12-5-6-12)15(24)10-22-8-7-14(21-22)16(18,19)20/h1-4,7-8,12H,5-6,9-10H2. The van der Waals surface area contributed by atoms with Crippen molar-refractivity contribution in [3.63, 3.8) is 0 Å². The second-order valence-electron chi connectivity index (χ2n) is 5.74. The molecule has 0 N–H and O–H groups in total. The van der Waals surface area contributed by atoms with E-state index in [-0.39, 0.29) is 25.0 Å². The molecule has 4 nitrogen and oxygen atoms in total. The van der Waals surface area contributed by atoms with Gasteiger partial charge in [-0.05, 0) is 25.0 Å². The second kappa shape index (κ2) is 6.26. The summed E-state index contributed by atoms with van der Waals surface area (Å²) >= 11 is 0. The van der Waals surface area contributed by atoms with Crippen molar-refractivity contribution < 1.29 is 22.4 Å². The number of nitrogens with zero attached hydrogens (tertiary/aromatic N) is 3. The van der Waals surface area contributed by atoms with Crippen molar-refractivity contribution in [2.75, 3.05) is 0 Å². The molecule has 128 valence electrons. The molecule has 0 aliphatic heterocycles. The first-order valence-corrected chi connectivity index (χ1v) is 7.48. The number of hydrogen-bond acceptors (Lipinski definition) is 2. The fourth-order valence-electron chi connectivity index (χ4n) is 2.45. The second-order valence-corrected chi connectivity index (χ2v) is 5.74. The van der Waals surface area contributed by atoms with Gasteiger partial charge in [-0.3, -0.25) is 9.48 Å². The van der Waals surface area contributed by atoms with E-state index in [4.69, 9.17) is 0 Å². The van der Waals surface area contributed by atoms with Gasteiger partial charge >= 0.3 is 6.18 Å². The van der Waals surface area contributed by atoms with Crippen molar-refractivity contribution in [2.45, 2.75) is 38.1 Å². The lowest BCUT2D eigenvalue weighted by atomic mass is 10.2. The van der Waals surface area contributed by atoms with Crippen LogP contribution < -0.4 is 0 Å². The Labute approximate surface area is 135 Å². The first-order chi connectivity index (χ1) is 11.3. The van der Waals surface area contributed by atoms with Gasteiger partial charge in [0, 0.05) is 24.3 Å². The van der Waals surface area contributed by atoms with Crippen LogP contribution in [0.15, 0.2) is 36.5 Å². The van der Waals surface area contributed by atoms with E-state index in [1.807, 2.05) is 0 Å². The van der Waals surface area contributed by atoms with Crippen molar-refractivity contribution in [3.8, 4) is 0 Å². The maximum atomic E-state index is 13.8. The summed E-state index contributed by atoms with van der Waals surface area (Å²) < 4.78 is 52.4. The number of carbonyl (C=O) groups excluding carboxylic acids is 1. The van der Waals surface area contributed by atoms with Gasteiger partial charge in [0.05, 0.1) is 0 Å². The highest BCUT2D eigenvalue weighted by Crippen LogP contribution is 2.30. The molecule has 1 heterocycles. The fraction of sp³-hybridized carbons (Fsp3) is 0.375. The van der Waals surface area contributed by atoms with Gasteiger partial charge < -0.3 is 4.90 Å². The monoisotopic (exact) mass is 341 g/mol. The lowest BCUT2D eigenvalue weighted by Gasteiger charge is -2.23. The topological polar surface area (TPSA) is 38.1 Å². The van der Waals surface area contributed by atoms with Crippen molar-refractivity contribution >= 4 is 5.91 Å². The minimum atomic E-state index is -4.54.